The molecule has 2 N–H and O–H groups in total. The molecule has 110 valence electrons. The van der Waals surface area contributed by atoms with Crippen LogP contribution in [0.5, 0.6) is 0 Å². The van der Waals surface area contributed by atoms with E-state index in [-0.39, 0.29) is 5.91 Å². The number of rotatable bonds is 4. The van der Waals surface area contributed by atoms with Crippen molar-refractivity contribution in [3.63, 3.8) is 0 Å². The predicted octanol–water partition coefficient (Wildman–Crippen LogP) is 2.09. The third-order valence-electron chi connectivity index (χ3n) is 4.31. The van der Waals surface area contributed by atoms with E-state index < -0.39 is 0 Å². The molecule has 0 spiro atoms. The van der Waals surface area contributed by atoms with E-state index in [1.165, 1.54) is 49.9 Å². The van der Waals surface area contributed by atoms with E-state index in [9.17, 15) is 4.79 Å². The highest BCUT2D eigenvalue weighted by atomic mass is 16.1. The van der Waals surface area contributed by atoms with Gasteiger partial charge >= 0.3 is 0 Å². The number of hydrogen-bond donors (Lipinski definition) is 2. The smallest absolute Gasteiger partial charge is 0.230 e. The quantitative estimate of drug-likeness (QED) is 0.867. The van der Waals surface area contributed by atoms with Crippen LogP contribution < -0.4 is 10.2 Å². The summed E-state index contributed by atoms with van der Waals surface area (Å²) in [5, 5.41) is 3.01. The summed E-state index contributed by atoms with van der Waals surface area (Å²) >= 11 is 0. The monoisotopic (exact) mass is 275 g/mol. The summed E-state index contributed by atoms with van der Waals surface area (Å²) in [4.78, 5) is 13.6. The standard InChI is InChI=1S/C17H26N2O/c1-14-7-8-16(13-15(14)2)18-17(20)9-12-19-10-5-3-4-6-11-19/h7-8,13H,3-6,9-12H2,1-2H3,(H,18,20)/p+1. The number of aryl methyl sites for hydroxylation is 2. The van der Waals surface area contributed by atoms with E-state index in [0.29, 0.717) is 6.42 Å². The number of nitrogens with one attached hydrogen (secondary N) is 2. The SMILES string of the molecule is Cc1ccc(NC(=O)CC[NH+]2CCCCCC2)cc1C. The maximum Gasteiger partial charge on any atom is 0.230 e. The van der Waals surface area contributed by atoms with Crippen LogP contribution in [-0.2, 0) is 4.79 Å². The van der Waals surface area contributed by atoms with Crippen LogP contribution in [-0.4, -0.2) is 25.5 Å². The zero-order valence-electron chi connectivity index (χ0n) is 12.8. The molecule has 1 saturated heterocycles. The average molecular weight is 275 g/mol. The van der Waals surface area contributed by atoms with Gasteiger partial charge in [-0.15, -0.1) is 0 Å². The molecule has 1 heterocycles. The topological polar surface area (TPSA) is 33.5 Å². The Morgan fingerprint density at radius 3 is 2.45 bits per heavy atom. The first-order valence-corrected chi connectivity index (χ1v) is 7.86. The maximum atomic E-state index is 12.0. The highest BCUT2D eigenvalue weighted by Gasteiger charge is 2.14. The van der Waals surface area contributed by atoms with Gasteiger partial charge in [-0.1, -0.05) is 6.07 Å². The third-order valence-corrected chi connectivity index (χ3v) is 4.31. The molecule has 2 rings (SSSR count). The normalized spacial score (nSPS) is 16.7. The molecule has 1 amide bonds. The summed E-state index contributed by atoms with van der Waals surface area (Å²) in [6, 6.07) is 6.09. The first-order chi connectivity index (χ1) is 9.65. The van der Waals surface area contributed by atoms with Crippen LogP contribution in [0.15, 0.2) is 18.2 Å². The number of likely N-dealkylation sites (tertiary alicyclic amines) is 1. The Balaban J connectivity index is 1.78. The van der Waals surface area contributed by atoms with Gasteiger partial charge in [0.1, 0.15) is 0 Å². The molecule has 0 bridgehead atoms. The van der Waals surface area contributed by atoms with Gasteiger partial charge in [0.2, 0.25) is 5.91 Å². The fraction of sp³-hybridized carbons (Fsp3) is 0.588. The lowest BCUT2D eigenvalue weighted by atomic mass is 10.1. The molecule has 1 aliphatic rings. The molecular formula is C17H27N2O+. The highest BCUT2D eigenvalue weighted by molar-refractivity contribution is 5.90. The van der Waals surface area contributed by atoms with Crippen molar-refractivity contribution in [3.8, 4) is 0 Å². The molecule has 0 unspecified atom stereocenters. The Morgan fingerprint density at radius 2 is 1.80 bits per heavy atom. The second-order valence-corrected chi connectivity index (χ2v) is 6.01. The summed E-state index contributed by atoms with van der Waals surface area (Å²) in [5.74, 6) is 0.144. The summed E-state index contributed by atoms with van der Waals surface area (Å²) in [7, 11) is 0. The van der Waals surface area contributed by atoms with Crippen LogP contribution in [0, 0.1) is 13.8 Å². The van der Waals surface area contributed by atoms with Gasteiger partial charge in [0, 0.05) is 5.69 Å². The molecule has 0 atom stereocenters. The molecule has 1 aromatic carbocycles. The van der Waals surface area contributed by atoms with Crippen molar-refractivity contribution in [3.05, 3.63) is 29.3 Å². The zero-order valence-corrected chi connectivity index (χ0v) is 12.8. The minimum absolute atomic E-state index is 0.144. The van der Waals surface area contributed by atoms with Crippen LogP contribution in [0.2, 0.25) is 0 Å². The first-order valence-electron chi connectivity index (χ1n) is 7.86. The Bertz CT molecular complexity index is 448. The first kappa shape index (κ1) is 15.0. The van der Waals surface area contributed by atoms with Gasteiger partial charge in [-0.05, 0) is 62.8 Å². The van der Waals surface area contributed by atoms with Gasteiger partial charge in [-0.25, -0.2) is 0 Å². The lowest BCUT2D eigenvalue weighted by Gasteiger charge is -2.16. The van der Waals surface area contributed by atoms with E-state index in [1.807, 2.05) is 12.1 Å². The van der Waals surface area contributed by atoms with Crippen LogP contribution in [0.4, 0.5) is 5.69 Å². The van der Waals surface area contributed by atoms with Crippen LogP contribution in [0.25, 0.3) is 0 Å². The van der Waals surface area contributed by atoms with Crippen LogP contribution in [0.1, 0.15) is 43.2 Å². The number of carbonyl (C=O) groups excluding carboxylic acids is 1. The van der Waals surface area contributed by atoms with Gasteiger partial charge in [0.15, 0.2) is 0 Å². The number of anilines is 1. The molecule has 3 heteroatoms. The summed E-state index contributed by atoms with van der Waals surface area (Å²) in [5.41, 5.74) is 3.40. The minimum atomic E-state index is 0.144. The molecular weight excluding hydrogens is 248 g/mol. The van der Waals surface area contributed by atoms with Crippen molar-refractivity contribution in [1.82, 2.24) is 0 Å². The molecule has 0 saturated carbocycles. The Labute approximate surface area is 122 Å². The number of quaternary nitrogens is 1. The van der Waals surface area contributed by atoms with Gasteiger partial charge in [-0.2, -0.15) is 0 Å². The molecule has 1 aromatic rings. The Hall–Kier alpha value is -1.35. The van der Waals surface area contributed by atoms with Gasteiger partial charge in [-0.3, -0.25) is 4.79 Å². The summed E-state index contributed by atoms with van der Waals surface area (Å²) < 4.78 is 0. The average Bonchev–Trinajstić information content (AvgIpc) is 2.69. The predicted molar refractivity (Wildman–Crippen MR) is 83.2 cm³/mol. The van der Waals surface area contributed by atoms with Gasteiger partial charge < -0.3 is 10.2 Å². The molecule has 3 nitrogen and oxygen atoms in total. The largest absolute Gasteiger partial charge is 0.335 e. The second-order valence-electron chi connectivity index (χ2n) is 6.01. The van der Waals surface area contributed by atoms with E-state index >= 15 is 0 Å². The van der Waals surface area contributed by atoms with E-state index in [4.69, 9.17) is 0 Å². The summed E-state index contributed by atoms with van der Waals surface area (Å²) in [6.45, 7) is 7.60. The van der Waals surface area contributed by atoms with E-state index in [0.717, 1.165) is 12.2 Å². The number of carbonyl (C=O) groups is 1. The highest BCUT2D eigenvalue weighted by Crippen LogP contribution is 2.14. The summed E-state index contributed by atoms with van der Waals surface area (Å²) in [6.07, 6.45) is 5.97. The Morgan fingerprint density at radius 1 is 1.10 bits per heavy atom. The van der Waals surface area contributed by atoms with Crippen LogP contribution >= 0.6 is 0 Å². The zero-order chi connectivity index (χ0) is 14.4. The molecule has 1 fully saturated rings. The van der Waals surface area contributed by atoms with Crippen molar-refractivity contribution < 1.29 is 9.69 Å². The fourth-order valence-electron chi connectivity index (χ4n) is 2.81. The molecule has 20 heavy (non-hydrogen) atoms. The van der Waals surface area contributed by atoms with Crippen molar-refractivity contribution in [2.75, 3.05) is 25.0 Å². The van der Waals surface area contributed by atoms with Crippen molar-refractivity contribution >= 4 is 11.6 Å². The molecule has 0 radical (unpaired) electrons. The number of benzene rings is 1. The number of amides is 1. The minimum Gasteiger partial charge on any atom is -0.335 e. The molecule has 1 aliphatic heterocycles. The van der Waals surface area contributed by atoms with Crippen molar-refractivity contribution in [2.45, 2.75) is 46.0 Å². The van der Waals surface area contributed by atoms with Crippen LogP contribution in [0.3, 0.4) is 0 Å². The third kappa shape index (κ3) is 4.64. The fourth-order valence-corrected chi connectivity index (χ4v) is 2.81. The lowest BCUT2D eigenvalue weighted by Crippen LogP contribution is -3.12. The van der Waals surface area contributed by atoms with E-state index in [1.54, 1.807) is 4.90 Å². The molecule has 0 aliphatic carbocycles. The van der Waals surface area contributed by atoms with Gasteiger partial charge in [0.25, 0.3) is 0 Å². The van der Waals surface area contributed by atoms with Crippen molar-refractivity contribution in [1.29, 1.82) is 0 Å². The lowest BCUT2D eigenvalue weighted by molar-refractivity contribution is -0.898. The maximum absolute atomic E-state index is 12.0. The van der Waals surface area contributed by atoms with Crippen molar-refractivity contribution in [2.24, 2.45) is 0 Å². The van der Waals surface area contributed by atoms with Gasteiger partial charge in [0.05, 0.1) is 26.1 Å². The Kier molecular flexibility index (Phi) is 5.60. The van der Waals surface area contributed by atoms with E-state index in [2.05, 4.69) is 25.2 Å². The number of hydrogen-bond acceptors (Lipinski definition) is 1. The second kappa shape index (κ2) is 7.44. The molecule has 0 aromatic heterocycles.